The van der Waals surface area contributed by atoms with Gasteiger partial charge in [-0.25, -0.2) is 8.78 Å². The number of rotatable bonds is 9. The molecule has 0 unspecified atom stereocenters. The fraction of sp³-hybridized carbons (Fsp3) is 0.630. The highest BCUT2D eigenvalue weighted by Crippen LogP contribution is 2.40. The number of benzene rings is 1. The van der Waals surface area contributed by atoms with Crippen LogP contribution in [-0.4, -0.2) is 0 Å². The van der Waals surface area contributed by atoms with Crippen LogP contribution in [0.15, 0.2) is 29.9 Å². The van der Waals surface area contributed by atoms with E-state index in [1.807, 2.05) is 0 Å². The second kappa shape index (κ2) is 11.1. The summed E-state index contributed by atoms with van der Waals surface area (Å²) in [7, 11) is 0. The molecule has 29 heavy (non-hydrogen) atoms. The predicted molar refractivity (Wildman–Crippen MR) is 120 cm³/mol. The first-order valence-electron chi connectivity index (χ1n) is 11.9. The van der Waals surface area contributed by atoms with Crippen molar-refractivity contribution < 1.29 is 8.78 Å². The number of halogens is 2. The van der Waals surface area contributed by atoms with Crippen LogP contribution in [0.2, 0.25) is 0 Å². The molecular weight excluding hydrogens is 362 g/mol. The fourth-order valence-corrected chi connectivity index (χ4v) is 5.10. The van der Waals surface area contributed by atoms with E-state index in [0.29, 0.717) is 5.56 Å². The molecule has 0 heterocycles. The summed E-state index contributed by atoms with van der Waals surface area (Å²) in [5.74, 6) is 0.769. The Bertz CT molecular complexity index is 697. The van der Waals surface area contributed by atoms with Crippen LogP contribution in [0.5, 0.6) is 0 Å². The summed E-state index contributed by atoms with van der Waals surface area (Å²) >= 11 is 0. The Morgan fingerprint density at radius 3 is 2.10 bits per heavy atom. The predicted octanol–water partition coefficient (Wildman–Crippen LogP) is 8.93. The molecule has 0 aromatic heterocycles. The fourth-order valence-electron chi connectivity index (χ4n) is 5.10. The van der Waals surface area contributed by atoms with Crippen LogP contribution in [-0.2, 0) is 0 Å². The minimum Gasteiger partial charge on any atom is -0.207 e. The molecule has 1 aromatic carbocycles. The van der Waals surface area contributed by atoms with E-state index in [1.165, 1.54) is 89.7 Å². The second-order valence-corrected chi connectivity index (χ2v) is 9.27. The molecule has 0 bridgehead atoms. The normalized spacial score (nSPS) is 22.3. The zero-order chi connectivity index (χ0) is 20.6. The molecule has 0 atom stereocenters. The summed E-state index contributed by atoms with van der Waals surface area (Å²) < 4.78 is 27.8. The van der Waals surface area contributed by atoms with Gasteiger partial charge in [0, 0.05) is 5.56 Å². The van der Waals surface area contributed by atoms with E-state index in [-0.39, 0.29) is 5.56 Å². The molecule has 0 amide bonds. The second-order valence-electron chi connectivity index (χ2n) is 9.27. The lowest BCUT2D eigenvalue weighted by molar-refractivity contribution is 0.278. The monoisotopic (exact) mass is 400 g/mol. The standard InChI is InChI=1S/C27H38F2/c1-3-4-5-6-7-8-9-21-10-12-22(13-11-21)23-14-16-24(17-15-23)25-18-26(28)20(2)27(29)19-25/h14,16,18-19,21-22H,3-13,15,17H2,1-2H3. The maximum absolute atomic E-state index is 13.9. The Balaban J connectivity index is 1.46. The molecule has 2 heteroatoms. The molecular formula is C27H38F2. The molecule has 1 saturated carbocycles. The minimum atomic E-state index is -0.445. The average molecular weight is 401 g/mol. The molecule has 0 saturated heterocycles. The van der Waals surface area contributed by atoms with Crippen LogP contribution < -0.4 is 0 Å². The van der Waals surface area contributed by atoms with Crippen LogP contribution >= 0.6 is 0 Å². The summed E-state index contributed by atoms with van der Waals surface area (Å²) in [6.45, 7) is 3.77. The average Bonchev–Trinajstić information content (AvgIpc) is 2.75. The lowest BCUT2D eigenvalue weighted by Crippen LogP contribution is -2.17. The number of hydrogen-bond donors (Lipinski definition) is 0. The van der Waals surface area contributed by atoms with Gasteiger partial charge in [0.15, 0.2) is 0 Å². The van der Waals surface area contributed by atoms with E-state index in [1.54, 1.807) is 5.57 Å². The molecule has 1 aromatic rings. The van der Waals surface area contributed by atoms with Crippen LogP contribution in [0.3, 0.4) is 0 Å². The van der Waals surface area contributed by atoms with Crippen LogP contribution in [0.25, 0.3) is 5.57 Å². The van der Waals surface area contributed by atoms with Crippen LogP contribution in [0.1, 0.15) is 102 Å². The zero-order valence-corrected chi connectivity index (χ0v) is 18.4. The molecule has 2 aliphatic rings. The van der Waals surface area contributed by atoms with Gasteiger partial charge in [0.05, 0.1) is 0 Å². The van der Waals surface area contributed by atoms with Crippen LogP contribution in [0.4, 0.5) is 8.78 Å². The highest BCUT2D eigenvalue weighted by Gasteiger charge is 2.24. The van der Waals surface area contributed by atoms with E-state index >= 15 is 0 Å². The van der Waals surface area contributed by atoms with Gasteiger partial charge in [0.25, 0.3) is 0 Å². The highest BCUT2D eigenvalue weighted by molar-refractivity contribution is 5.69. The Morgan fingerprint density at radius 2 is 1.48 bits per heavy atom. The van der Waals surface area contributed by atoms with Crippen molar-refractivity contribution in [3.05, 3.63) is 52.6 Å². The van der Waals surface area contributed by atoms with Gasteiger partial charge in [-0.3, -0.25) is 0 Å². The van der Waals surface area contributed by atoms with Crippen molar-refractivity contribution in [1.29, 1.82) is 0 Å². The number of hydrogen-bond acceptors (Lipinski definition) is 0. The first kappa shape index (κ1) is 22.2. The first-order chi connectivity index (χ1) is 14.1. The lowest BCUT2D eigenvalue weighted by atomic mass is 9.74. The molecule has 0 N–H and O–H groups in total. The van der Waals surface area contributed by atoms with Crippen molar-refractivity contribution in [3.63, 3.8) is 0 Å². The summed E-state index contributed by atoms with van der Waals surface area (Å²) in [5, 5.41) is 0. The van der Waals surface area contributed by atoms with Gasteiger partial charge in [-0.2, -0.15) is 0 Å². The molecule has 3 rings (SSSR count). The van der Waals surface area contributed by atoms with E-state index in [2.05, 4.69) is 19.1 Å². The minimum absolute atomic E-state index is 0.110. The van der Waals surface area contributed by atoms with Gasteiger partial charge >= 0.3 is 0 Å². The molecule has 0 spiro atoms. The summed E-state index contributed by atoms with van der Waals surface area (Å²) in [5.41, 5.74) is 3.42. The third kappa shape index (κ3) is 6.27. The van der Waals surface area contributed by atoms with Gasteiger partial charge in [0.2, 0.25) is 0 Å². The van der Waals surface area contributed by atoms with E-state index in [4.69, 9.17) is 0 Å². The largest absolute Gasteiger partial charge is 0.207 e. The van der Waals surface area contributed by atoms with Gasteiger partial charge in [0.1, 0.15) is 11.6 Å². The highest BCUT2D eigenvalue weighted by atomic mass is 19.1. The van der Waals surface area contributed by atoms with Gasteiger partial charge < -0.3 is 0 Å². The molecule has 0 radical (unpaired) electrons. The van der Waals surface area contributed by atoms with Gasteiger partial charge in [-0.1, -0.05) is 69.6 Å². The van der Waals surface area contributed by atoms with Gasteiger partial charge in [-0.15, -0.1) is 0 Å². The third-order valence-corrected chi connectivity index (χ3v) is 7.17. The van der Waals surface area contributed by atoms with Crippen molar-refractivity contribution in [2.24, 2.45) is 11.8 Å². The summed E-state index contributed by atoms with van der Waals surface area (Å²) in [6.07, 6.45) is 21.5. The first-order valence-corrected chi connectivity index (χ1v) is 11.9. The zero-order valence-electron chi connectivity index (χ0n) is 18.4. The smallest absolute Gasteiger partial charge is 0.129 e. The van der Waals surface area contributed by atoms with Crippen molar-refractivity contribution in [3.8, 4) is 0 Å². The van der Waals surface area contributed by atoms with Crippen molar-refractivity contribution in [2.45, 2.75) is 97.3 Å². The summed E-state index contributed by atoms with van der Waals surface area (Å²) in [4.78, 5) is 0. The number of allylic oxidation sites excluding steroid dienone is 4. The van der Waals surface area contributed by atoms with E-state index in [0.717, 1.165) is 30.3 Å². The Hall–Kier alpha value is -1.44. The third-order valence-electron chi connectivity index (χ3n) is 7.17. The van der Waals surface area contributed by atoms with Crippen molar-refractivity contribution in [1.82, 2.24) is 0 Å². The van der Waals surface area contributed by atoms with Crippen LogP contribution in [0, 0.1) is 30.4 Å². The molecule has 0 nitrogen and oxygen atoms in total. The Morgan fingerprint density at radius 1 is 0.828 bits per heavy atom. The Kier molecular flexibility index (Phi) is 8.51. The van der Waals surface area contributed by atoms with Gasteiger partial charge in [-0.05, 0) is 80.6 Å². The quantitative estimate of drug-likeness (QED) is 0.363. The molecule has 160 valence electrons. The van der Waals surface area contributed by atoms with E-state index in [9.17, 15) is 8.78 Å². The van der Waals surface area contributed by atoms with E-state index < -0.39 is 11.6 Å². The molecule has 2 aliphatic carbocycles. The SMILES string of the molecule is CCCCCCCCC1CCC(C2=CC=C(c3cc(F)c(C)c(F)c3)CC2)CC1. The molecule has 0 aliphatic heterocycles. The number of unbranched alkanes of at least 4 members (excludes halogenated alkanes) is 5. The topological polar surface area (TPSA) is 0 Å². The summed E-state index contributed by atoms with van der Waals surface area (Å²) in [6, 6.07) is 2.97. The molecule has 1 fully saturated rings. The maximum Gasteiger partial charge on any atom is 0.129 e. The lowest BCUT2D eigenvalue weighted by Gasteiger charge is -2.31. The van der Waals surface area contributed by atoms with Crippen molar-refractivity contribution >= 4 is 5.57 Å². The maximum atomic E-state index is 13.9. The van der Waals surface area contributed by atoms with Crippen molar-refractivity contribution in [2.75, 3.05) is 0 Å². The Labute approximate surface area is 176 Å².